The largest absolute Gasteiger partial charge is 0.466 e. The van der Waals surface area contributed by atoms with E-state index in [4.69, 9.17) is 0 Å². The summed E-state index contributed by atoms with van der Waals surface area (Å²) < 4.78 is 16.0. The van der Waals surface area contributed by atoms with Crippen molar-refractivity contribution in [3.63, 3.8) is 0 Å². The van der Waals surface area contributed by atoms with Crippen LogP contribution in [0.3, 0.4) is 0 Å². The molecular formula is C10H18O3S2. The summed E-state index contributed by atoms with van der Waals surface area (Å²) in [7, 11) is 0.432. The van der Waals surface area contributed by atoms with E-state index in [-0.39, 0.29) is 10.6 Å². The zero-order chi connectivity index (χ0) is 11.8. The minimum Gasteiger partial charge on any atom is -0.466 e. The van der Waals surface area contributed by atoms with E-state index in [1.54, 1.807) is 6.26 Å². The summed E-state index contributed by atoms with van der Waals surface area (Å²) in [5.74, 6) is -0.318. The van der Waals surface area contributed by atoms with Crippen molar-refractivity contribution in [3.8, 4) is 0 Å². The molecule has 88 valence electrons. The molecule has 0 rings (SSSR count). The molecule has 0 bridgehead atoms. The van der Waals surface area contributed by atoms with Crippen LogP contribution in [0.5, 0.6) is 0 Å². The Bertz CT molecular complexity index is 261. The summed E-state index contributed by atoms with van der Waals surface area (Å²) in [5.41, 5.74) is 0.620. The average Bonchev–Trinajstić information content (AvgIpc) is 2.22. The SMILES string of the molecule is CCC=C(CC(SC)S(C)=O)C(=O)OC. The zero-order valence-electron chi connectivity index (χ0n) is 9.61. The number of hydrogen-bond donors (Lipinski definition) is 0. The molecule has 15 heavy (non-hydrogen) atoms. The summed E-state index contributed by atoms with van der Waals surface area (Å²) in [4.78, 5) is 11.4. The monoisotopic (exact) mass is 250 g/mol. The molecule has 0 aliphatic carbocycles. The minimum atomic E-state index is -0.932. The van der Waals surface area contributed by atoms with E-state index < -0.39 is 10.8 Å². The molecule has 3 nitrogen and oxygen atoms in total. The molecule has 0 amide bonds. The molecular weight excluding hydrogens is 232 g/mol. The molecule has 0 saturated carbocycles. The first kappa shape index (κ1) is 14.7. The van der Waals surface area contributed by atoms with Crippen LogP contribution in [0.25, 0.3) is 0 Å². The zero-order valence-corrected chi connectivity index (χ0v) is 11.2. The van der Waals surface area contributed by atoms with Crippen LogP contribution < -0.4 is 0 Å². The lowest BCUT2D eigenvalue weighted by Gasteiger charge is -2.12. The highest BCUT2D eigenvalue weighted by Crippen LogP contribution is 2.20. The first-order valence-corrected chi connectivity index (χ1v) is 7.60. The number of hydrogen-bond acceptors (Lipinski definition) is 4. The second kappa shape index (κ2) is 7.93. The molecule has 0 aromatic heterocycles. The van der Waals surface area contributed by atoms with Crippen LogP contribution in [0.4, 0.5) is 0 Å². The van der Waals surface area contributed by atoms with Gasteiger partial charge in [-0.1, -0.05) is 13.0 Å². The summed E-state index contributed by atoms with van der Waals surface area (Å²) in [6, 6.07) is 0. The van der Waals surface area contributed by atoms with Crippen molar-refractivity contribution in [1.82, 2.24) is 0 Å². The second-order valence-electron chi connectivity index (χ2n) is 3.00. The highest BCUT2D eigenvalue weighted by atomic mass is 32.2. The van der Waals surface area contributed by atoms with Crippen LogP contribution in [-0.4, -0.2) is 34.4 Å². The highest BCUT2D eigenvalue weighted by molar-refractivity contribution is 8.10. The predicted molar refractivity (Wildman–Crippen MR) is 66.4 cm³/mol. The van der Waals surface area contributed by atoms with Crippen LogP contribution in [0, 0.1) is 0 Å². The molecule has 0 spiro atoms. The molecule has 0 aromatic rings. The first-order valence-electron chi connectivity index (χ1n) is 4.69. The Balaban J connectivity index is 4.60. The fourth-order valence-electron chi connectivity index (χ4n) is 1.14. The second-order valence-corrected chi connectivity index (χ2v) is 5.90. The molecule has 0 aliphatic rings. The lowest BCUT2D eigenvalue weighted by atomic mass is 10.2. The van der Waals surface area contributed by atoms with Gasteiger partial charge in [-0.3, -0.25) is 4.21 Å². The van der Waals surface area contributed by atoms with Crippen molar-refractivity contribution in [2.75, 3.05) is 19.6 Å². The van der Waals surface area contributed by atoms with Gasteiger partial charge in [0, 0.05) is 29.0 Å². The third-order valence-electron chi connectivity index (χ3n) is 1.92. The maximum Gasteiger partial charge on any atom is 0.333 e. The number of ether oxygens (including phenoxy) is 1. The Hall–Kier alpha value is -0.290. The third kappa shape index (κ3) is 5.37. The Morgan fingerprint density at radius 2 is 2.20 bits per heavy atom. The fourth-order valence-corrected chi connectivity index (χ4v) is 2.99. The summed E-state index contributed by atoms with van der Waals surface area (Å²) in [6.07, 6.45) is 6.67. The Kier molecular flexibility index (Phi) is 7.78. The van der Waals surface area contributed by atoms with Gasteiger partial charge in [-0.2, -0.15) is 0 Å². The molecule has 0 radical (unpaired) electrons. The van der Waals surface area contributed by atoms with E-state index in [1.807, 2.05) is 19.3 Å². The van der Waals surface area contributed by atoms with Crippen molar-refractivity contribution < 1.29 is 13.7 Å². The molecule has 0 aliphatic heterocycles. The molecule has 5 heteroatoms. The predicted octanol–water partition coefficient (Wildman–Crippen LogP) is 1.95. The highest BCUT2D eigenvalue weighted by Gasteiger charge is 2.18. The van der Waals surface area contributed by atoms with Gasteiger partial charge in [0.15, 0.2) is 0 Å². The standard InChI is InChI=1S/C10H18O3S2/c1-5-6-8(10(11)13-2)7-9(14-3)15(4)12/h6,9H,5,7H2,1-4H3. The molecule has 0 heterocycles. The smallest absolute Gasteiger partial charge is 0.333 e. The quantitative estimate of drug-likeness (QED) is 0.534. The Morgan fingerprint density at radius 3 is 2.53 bits per heavy atom. The van der Waals surface area contributed by atoms with Gasteiger partial charge in [0.2, 0.25) is 0 Å². The normalized spacial score (nSPS) is 15.9. The van der Waals surface area contributed by atoms with Crippen molar-refractivity contribution in [2.24, 2.45) is 0 Å². The third-order valence-corrected chi connectivity index (χ3v) is 4.91. The number of methoxy groups -OCH3 is 1. The van der Waals surface area contributed by atoms with Crippen molar-refractivity contribution in [3.05, 3.63) is 11.6 Å². The van der Waals surface area contributed by atoms with Crippen LogP contribution >= 0.6 is 11.8 Å². The average molecular weight is 250 g/mol. The van der Waals surface area contributed by atoms with E-state index in [0.717, 1.165) is 6.42 Å². The van der Waals surface area contributed by atoms with Gasteiger partial charge in [-0.15, -0.1) is 11.8 Å². The van der Waals surface area contributed by atoms with Crippen molar-refractivity contribution >= 4 is 28.5 Å². The molecule has 0 fully saturated rings. The van der Waals surface area contributed by atoms with E-state index in [9.17, 15) is 9.00 Å². The minimum absolute atomic E-state index is 0.0399. The van der Waals surface area contributed by atoms with Gasteiger partial charge in [-0.05, 0) is 12.7 Å². The van der Waals surface area contributed by atoms with Gasteiger partial charge >= 0.3 is 5.97 Å². The van der Waals surface area contributed by atoms with Crippen molar-refractivity contribution in [1.29, 1.82) is 0 Å². The van der Waals surface area contributed by atoms with E-state index >= 15 is 0 Å². The maximum atomic E-state index is 11.4. The van der Waals surface area contributed by atoms with E-state index in [2.05, 4.69) is 4.74 Å². The number of allylic oxidation sites excluding steroid dienone is 1. The maximum absolute atomic E-state index is 11.4. The molecule has 0 saturated heterocycles. The summed E-state index contributed by atoms with van der Waals surface area (Å²) in [5, 5.41) is 0. The van der Waals surface area contributed by atoms with Crippen LogP contribution in [-0.2, 0) is 20.3 Å². The van der Waals surface area contributed by atoms with Crippen LogP contribution in [0.1, 0.15) is 19.8 Å². The fraction of sp³-hybridized carbons (Fsp3) is 0.700. The molecule has 2 atom stereocenters. The van der Waals surface area contributed by atoms with Gasteiger partial charge in [-0.25, -0.2) is 4.79 Å². The topological polar surface area (TPSA) is 43.4 Å². The lowest BCUT2D eigenvalue weighted by Crippen LogP contribution is -2.15. The molecule has 0 N–H and O–H groups in total. The number of esters is 1. The van der Waals surface area contributed by atoms with Gasteiger partial charge in [0.1, 0.15) is 0 Å². The number of carbonyl (C=O) groups excluding carboxylic acids is 1. The van der Waals surface area contributed by atoms with Crippen molar-refractivity contribution in [2.45, 2.75) is 24.3 Å². The first-order chi connectivity index (χ1) is 7.06. The van der Waals surface area contributed by atoms with Crippen LogP contribution in [0.15, 0.2) is 11.6 Å². The van der Waals surface area contributed by atoms with Gasteiger partial charge in [0.25, 0.3) is 0 Å². The Labute approximate surface area is 98.1 Å². The number of thioether (sulfide) groups is 1. The Morgan fingerprint density at radius 1 is 1.60 bits per heavy atom. The van der Waals surface area contributed by atoms with E-state index in [1.165, 1.54) is 18.9 Å². The molecule has 0 aromatic carbocycles. The number of carbonyl (C=O) groups is 1. The van der Waals surface area contributed by atoms with Crippen LogP contribution in [0.2, 0.25) is 0 Å². The van der Waals surface area contributed by atoms with E-state index in [0.29, 0.717) is 12.0 Å². The summed E-state index contributed by atoms with van der Waals surface area (Å²) in [6.45, 7) is 1.96. The van der Waals surface area contributed by atoms with Gasteiger partial charge < -0.3 is 4.74 Å². The molecule has 2 unspecified atom stereocenters. The summed E-state index contributed by atoms with van der Waals surface area (Å²) >= 11 is 1.51. The number of rotatable bonds is 6. The van der Waals surface area contributed by atoms with Gasteiger partial charge in [0.05, 0.1) is 11.7 Å². The lowest BCUT2D eigenvalue weighted by molar-refractivity contribution is -0.136.